The van der Waals surface area contributed by atoms with E-state index in [0.717, 1.165) is 38.5 Å². The molecular formula is C24H35N3O3. The summed E-state index contributed by atoms with van der Waals surface area (Å²) in [6.07, 6.45) is 8.67. The Morgan fingerprint density at radius 1 is 1.13 bits per heavy atom. The number of fused-ring (bicyclic) bond motifs is 1. The van der Waals surface area contributed by atoms with Crippen molar-refractivity contribution in [3.05, 3.63) is 30.1 Å². The Kier molecular flexibility index (Phi) is 5.88. The van der Waals surface area contributed by atoms with Gasteiger partial charge in [0.25, 0.3) is 5.91 Å². The molecule has 6 heteroatoms. The van der Waals surface area contributed by atoms with Crippen molar-refractivity contribution < 1.29 is 14.7 Å². The summed E-state index contributed by atoms with van der Waals surface area (Å²) in [6, 6.07) is 3.80. The Hall–Kier alpha value is -1.95. The molecule has 3 aliphatic rings. The van der Waals surface area contributed by atoms with Crippen LogP contribution in [0, 0.1) is 29.1 Å². The third-order valence-electron chi connectivity index (χ3n) is 8.13. The van der Waals surface area contributed by atoms with Crippen molar-refractivity contribution in [3.63, 3.8) is 0 Å². The molecule has 0 spiro atoms. The first-order chi connectivity index (χ1) is 14.3. The van der Waals surface area contributed by atoms with Crippen LogP contribution in [0.15, 0.2) is 24.5 Å². The second kappa shape index (κ2) is 8.29. The lowest BCUT2D eigenvalue weighted by Gasteiger charge is -2.56. The van der Waals surface area contributed by atoms with Crippen molar-refractivity contribution in [1.29, 1.82) is 0 Å². The van der Waals surface area contributed by atoms with Gasteiger partial charge in [0.05, 0.1) is 6.10 Å². The van der Waals surface area contributed by atoms with Crippen LogP contribution in [0.5, 0.6) is 0 Å². The number of carbonyl (C=O) groups is 2. The zero-order valence-corrected chi connectivity index (χ0v) is 18.3. The average Bonchev–Trinajstić information content (AvgIpc) is 3.54. The number of aliphatic hydroxyl groups is 1. The number of hydrogen-bond donors (Lipinski definition) is 3. The Labute approximate surface area is 179 Å². The largest absolute Gasteiger partial charge is 0.392 e. The van der Waals surface area contributed by atoms with Gasteiger partial charge < -0.3 is 15.7 Å². The molecule has 4 rings (SSSR count). The van der Waals surface area contributed by atoms with Crippen molar-refractivity contribution in [2.75, 3.05) is 0 Å². The molecule has 2 amide bonds. The first-order valence-corrected chi connectivity index (χ1v) is 11.5. The molecule has 0 radical (unpaired) electrons. The van der Waals surface area contributed by atoms with Crippen LogP contribution in [0.25, 0.3) is 0 Å². The van der Waals surface area contributed by atoms with E-state index in [-0.39, 0.29) is 46.9 Å². The average molecular weight is 414 g/mol. The molecule has 7 atom stereocenters. The number of pyridine rings is 1. The highest BCUT2D eigenvalue weighted by Gasteiger charge is 2.54. The molecule has 0 bridgehead atoms. The highest BCUT2D eigenvalue weighted by Crippen LogP contribution is 2.55. The molecule has 0 saturated heterocycles. The van der Waals surface area contributed by atoms with Crippen LogP contribution in [0.3, 0.4) is 0 Å². The number of carbonyl (C=O) groups excluding carboxylic acids is 2. The zero-order valence-electron chi connectivity index (χ0n) is 18.3. The maximum absolute atomic E-state index is 12.7. The predicted molar refractivity (Wildman–Crippen MR) is 115 cm³/mol. The van der Waals surface area contributed by atoms with Gasteiger partial charge in [-0.2, -0.15) is 0 Å². The number of amides is 2. The third kappa shape index (κ3) is 4.11. The number of nitrogens with one attached hydrogen (secondary N) is 2. The van der Waals surface area contributed by atoms with Gasteiger partial charge >= 0.3 is 0 Å². The van der Waals surface area contributed by atoms with Gasteiger partial charge in [-0.15, -0.1) is 0 Å². The van der Waals surface area contributed by atoms with Crippen LogP contribution < -0.4 is 10.6 Å². The minimum absolute atomic E-state index is 0.0211. The molecule has 1 aromatic heterocycles. The maximum atomic E-state index is 12.7. The molecule has 7 unspecified atom stereocenters. The Balaban J connectivity index is 1.46. The van der Waals surface area contributed by atoms with Crippen molar-refractivity contribution in [2.24, 2.45) is 29.1 Å². The number of rotatable bonds is 5. The Morgan fingerprint density at radius 2 is 1.80 bits per heavy atom. The minimum Gasteiger partial charge on any atom is -0.392 e. The molecule has 6 nitrogen and oxygen atoms in total. The summed E-state index contributed by atoms with van der Waals surface area (Å²) in [7, 11) is 0. The molecule has 0 aliphatic heterocycles. The van der Waals surface area contributed by atoms with E-state index in [9.17, 15) is 14.7 Å². The lowest BCUT2D eigenvalue weighted by Crippen LogP contribution is -2.58. The molecule has 3 fully saturated rings. The highest BCUT2D eigenvalue weighted by atomic mass is 16.3. The van der Waals surface area contributed by atoms with Crippen LogP contribution >= 0.6 is 0 Å². The number of aromatic nitrogens is 1. The number of hydrogen-bond acceptors (Lipinski definition) is 4. The van der Waals surface area contributed by atoms with E-state index in [2.05, 4.69) is 29.5 Å². The molecule has 3 N–H and O–H groups in total. The van der Waals surface area contributed by atoms with E-state index in [0.29, 0.717) is 11.6 Å². The van der Waals surface area contributed by atoms with Gasteiger partial charge in [0, 0.05) is 36.0 Å². The van der Waals surface area contributed by atoms with Gasteiger partial charge in [-0.05, 0) is 73.8 Å². The fraction of sp³-hybridized carbons (Fsp3) is 0.708. The van der Waals surface area contributed by atoms with Gasteiger partial charge in [-0.3, -0.25) is 14.6 Å². The van der Waals surface area contributed by atoms with Crippen molar-refractivity contribution in [1.82, 2.24) is 15.6 Å². The molecule has 0 aromatic carbocycles. The van der Waals surface area contributed by atoms with Crippen LogP contribution in [-0.4, -0.2) is 40.1 Å². The normalized spacial score (nSPS) is 37.0. The standard InChI is InChI=1S/C24H35N3O3/c1-14(22(29)26-17-4-5-17)18-6-10-24(3)11-7-19(15(2)20(24)21(18)28)27-23(30)16-8-12-25-13-9-16/h8-9,12-15,17-21,28H,4-7,10-11H2,1-3H3,(H,26,29)(H,27,30). The van der Waals surface area contributed by atoms with Crippen molar-refractivity contribution in [3.8, 4) is 0 Å². The SMILES string of the molecule is CC(C(=O)NC1CC1)C1CCC2(C)CCC(NC(=O)c3ccncc3)C(C)C2C1O. The topological polar surface area (TPSA) is 91.3 Å². The smallest absolute Gasteiger partial charge is 0.251 e. The van der Waals surface area contributed by atoms with Crippen LogP contribution in [0.4, 0.5) is 0 Å². The Bertz CT molecular complexity index is 781. The van der Waals surface area contributed by atoms with E-state index < -0.39 is 6.10 Å². The molecule has 1 heterocycles. The van der Waals surface area contributed by atoms with Gasteiger partial charge in [-0.1, -0.05) is 20.8 Å². The van der Waals surface area contributed by atoms with Gasteiger partial charge in [-0.25, -0.2) is 0 Å². The van der Waals surface area contributed by atoms with E-state index in [1.807, 2.05) is 6.92 Å². The Morgan fingerprint density at radius 3 is 2.47 bits per heavy atom. The second-order valence-corrected chi connectivity index (χ2v) is 10.2. The summed E-state index contributed by atoms with van der Waals surface area (Å²) in [5, 5.41) is 17.7. The van der Waals surface area contributed by atoms with Gasteiger partial charge in [0.1, 0.15) is 0 Å². The fourth-order valence-electron chi connectivity index (χ4n) is 6.01. The van der Waals surface area contributed by atoms with Crippen molar-refractivity contribution in [2.45, 2.75) is 77.5 Å². The first-order valence-electron chi connectivity index (χ1n) is 11.5. The number of nitrogens with zero attached hydrogens (tertiary/aromatic N) is 1. The second-order valence-electron chi connectivity index (χ2n) is 10.2. The van der Waals surface area contributed by atoms with E-state index >= 15 is 0 Å². The fourth-order valence-corrected chi connectivity index (χ4v) is 6.01. The van der Waals surface area contributed by atoms with E-state index in [1.165, 1.54) is 0 Å². The molecule has 3 saturated carbocycles. The van der Waals surface area contributed by atoms with E-state index in [4.69, 9.17) is 0 Å². The monoisotopic (exact) mass is 413 g/mol. The summed E-state index contributed by atoms with van der Waals surface area (Å²) in [5.74, 6) is -0.00829. The first kappa shape index (κ1) is 21.3. The summed E-state index contributed by atoms with van der Waals surface area (Å²) >= 11 is 0. The molecule has 164 valence electrons. The third-order valence-corrected chi connectivity index (χ3v) is 8.13. The lowest BCUT2D eigenvalue weighted by molar-refractivity contribution is -0.142. The maximum Gasteiger partial charge on any atom is 0.251 e. The van der Waals surface area contributed by atoms with E-state index in [1.54, 1.807) is 24.5 Å². The summed E-state index contributed by atoms with van der Waals surface area (Å²) in [5.41, 5.74) is 0.665. The summed E-state index contributed by atoms with van der Waals surface area (Å²) in [6.45, 7) is 6.40. The molecular weight excluding hydrogens is 378 g/mol. The van der Waals surface area contributed by atoms with Crippen LogP contribution in [0.1, 0.15) is 69.7 Å². The summed E-state index contributed by atoms with van der Waals surface area (Å²) < 4.78 is 0. The zero-order chi connectivity index (χ0) is 21.5. The quantitative estimate of drug-likeness (QED) is 0.692. The van der Waals surface area contributed by atoms with Gasteiger partial charge in [0.2, 0.25) is 5.91 Å². The highest BCUT2D eigenvalue weighted by molar-refractivity contribution is 5.94. The molecule has 30 heavy (non-hydrogen) atoms. The molecule has 1 aromatic rings. The van der Waals surface area contributed by atoms with Crippen LogP contribution in [-0.2, 0) is 4.79 Å². The van der Waals surface area contributed by atoms with Gasteiger partial charge in [0.15, 0.2) is 0 Å². The summed E-state index contributed by atoms with van der Waals surface area (Å²) in [4.78, 5) is 29.3. The predicted octanol–water partition coefficient (Wildman–Crippen LogP) is 2.92. The molecule has 3 aliphatic carbocycles. The van der Waals surface area contributed by atoms with Crippen molar-refractivity contribution >= 4 is 11.8 Å². The number of aliphatic hydroxyl groups excluding tert-OH is 1. The lowest BCUT2D eigenvalue weighted by atomic mass is 9.51. The minimum atomic E-state index is -0.528. The van der Waals surface area contributed by atoms with Crippen LogP contribution in [0.2, 0.25) is 0 Å².